The molecule has 0 saturated heterocycles. The summed E-state index contributed by atoms with van der Waals surface area (Å²) in [7, 11) is -1.27. The Kier molecular flexibility index (Phi) is 7.55. The Labute approximate surface area is 122 Å². The number of rotatable bonds is 8. The summed E-state index contributed by atoms with van der Waals surface area (Å²) in [5.74, 6) is -0.449. The molecule has 0 amide bonds. The van der Waals surface area contributed by atoms with Crippen LogP contribution in [0.15, 0.2) is 0 Å². The predicted molar refractivity (Wildman–Crippen MR) is 79.4 cm³/mol. The molecule has 1 aliphatic carbocycles. The number of hydrogen-bond acceptors (Lipinski definition) is 4. The Morgan fingerprint density at radius 1 is 1.25 bits per heavy atom. The number of aliphatic carboxylic acids is 1. The normalized spacial score (nSPS) is 26.8. The van der Waals surface area contributed by atoms with Gasteiger partial charge in [-0.1, -0.05) is 26.7 Å². The largest absolute Gasteiger partial charge is 0.481 e. The van der Waals surface area contributed by atoms with Crippen LogP contribution >= 0.6 is 0 Å². The summed E-state index contributed by atoms with van der Waals surface area (Å²) < 4.78 is 0. The van der Waals surface area contributed by atoms with Gasteiger partial charge in [0.05, 0.1) is 5.92 Å². The number of carboxylic acid groups (broad SMARTS) is 1. The van der Waals surface area contributed by atoms with E-state index < -0.39 is 13.1 Å². The highest BCUT2D eigenvalue weighted by Gasteiger charge is 2.35. The number of nitrogens with zero attached hydrogens (tertiary/aromatic N) is 1. The van der Waals surface area contributed by atoms with E-state index in [4.69, 9.17) is 10.0 Å². The van der Waals surface area contributed by atoms with Crippen molar-refractivity contribution in [2.24, 2.45) is 17.8 Å². The number of hydrogen-bond donors (Lipinski definition) is 3. The number of carbonyl (C=O) groups is 1. The second-order valence-corrected chi connectivity index (χ2v) is 5.93. The standard InChI is InChI=1S/C14H28BNO4/c1-3-16(4-2)10-12-6-5-11(7-8-15(19)20)9-13(12)14(17)18/h11-13,19-20H,3-10H2,1-2H3,(H,17,18)/t11-,12-,13-/m0/s1. The summed E-state index contributed by atoms with van der Waals surface area (Å²) in [4.78, 5) is 13.8. The highest BCUT2D eigenvalue weighted by molar-refractivity contribution is 6.40. The van der Waals surface area contributed by atoms with E-state index >= 15 is 0 Å². The van der Waals surface area contributed by atoms with Crippen molar-refractivity contribution in [3.63, 3.8) is 0 Å². The van der Waals surface area contributed by atoms with Crippen molar-refractivity contribution in [3.05, 3.63) is 0 Å². The van der Waals surface area contributed by atoms with Crippen molar-refractivity contribution < 1.29 is 19.9 Å². The van der Waals surface area contributed by atoms with E-state index in [1.165, 1.54) is 0 Å². The average Bonchev–Trinajstić information content (AvgIpc) is 2.42. The predicted octanol–water partition coefficient (Wildman–Crippen LogP) is 1.31. The van der Waals surface area contributed by atoms with Gasteiger partial charge in [0.25, 0.3) is 0 Å². The molecule has 0 spiro atoms. The van der Waals surface area contributed by atoms with Crippen LogP contribution in [-0.4, -0.2) is 52.8 Å². The maximum atomic E-state index is 11.5. The maximum Gasteiger partial charge on any atom is 0.451 e. The summed E-state index contributed by atoms with van der Waals surface area (Å²) >= 11 is 0. The molecule has 1 aliphatic rings. The van der Waals surface area contributed by atoms with E-state index in [0.717, 1.165) is 32.5 Å². The van der Waals surface area contributed by atoms with Crippen molar-refractivity contribution in [3.8, 4) is 0 Å². The van der Waals surface area contributed by atoms with E-state index in [1.807, 2.05) is 0 Å². The zero-order valence-corrected chi connectivity index (χ0v) is 12.7. The van der Waals surface area contributed by atoms with Gasteiger partial charge in [-0.2, -0.15) is 0 Å². The minimum absolute atomic E-state index is 0.225. The molecule has 0 aromatic heterocycles. The summed E-state index contributed by atoms with van der Waals surface area (Å²) in [6, 6.07) is 0. The van der Waals surface area contributed by atoms with Gasteiger partial charge in [-0.25, -0.2) is 0 Å². The van der Waals surface area contributed by atoms with Crippen LogP contribution in [-0.2, 0) is 4.79 Å². The fourth-order valence-electron chi connectivity index (χ4n) is 3.30. The molecule has 0 heterocycles. The Bertz CT molecular complexity index is 297. The van der Waals surface area contributed by atoms with Gasteiger partial charge in [-0.05, 0) is 44.1 Å². The lowest BCUT2D eigenvalue weighted by Crippen LogP contribution is -2.39. The topological polar surface area (TPSA) is 81.0 Å². The molecule has 1 saturated carbocycles. The molecule has 1 rings (SSSR count). The smallest absolute Gasteiger partial charge is 0.451 e. The van der Waals surface area contributed by atoms with E-state index in [-0.39, 0.29) is 11.8 Å². The minimum atomic E-state index is -1.27. The van der Waals surface area contributed by atoms with Crippen LogP contribution in [0.25, 0.3) is 0 Å². The van der Waals surface area contributed by atoms with Crippen LogP contribution in [0, 0.1) is 17.8 Å². The molecule has 1 fully saturated rings. The van der Waals surface area contributed by atoms with Crippen molar-refractivity contribution in [2.45, 2.75) is 45.9 Å². The van der Waals surface area contributed by atoms with E-state index in [2.05, 4.69) is 18.7 Å². The van der Waals surface area contributed by atoms with Crippen molar-refractivity contribution >= 4 is 13.1 Å². The van der Waals surface area contributed by atoms with Crippen LogP contribution < -0.4 is 0 Å². The summed E-state index contributed by atoms with van der Waals surface area (Å²) in [5.41, 5.74) is 0. The molecular weight excluding hydrogens is 257 g/mol. The molecule has 0 aromatic carbocycles. The lowest BCUT2D eigenvalue weighted by Gasteiger charge is -2.36. The molecule has 0 aliphatic heterocycles. The Morgan fingerprint density at radius 3 is 2.40 bits per heavy atom. The van der Waals surface area contributed by atoms with Crippen LogP contribution in [0.2, 0.25) is 6.32 Å². The van der Waals surface area contributed by atoms with E-state index in [9.17, 15) is 9.90 Å². The summed E-state index contributed by atoms with van der Waals surface area (Å²) in [5, 5.41) is 27.3. The lowest BCUT2D eigenvalue weighted by atomic mass is 9.70. The van der Waals surface area contributed by atoms with Gasteiger partial charge in [0.15, 0.2) is 0 Å². The molecule has 0 unspecified atom stereocenters. The molecule has 0 bridgehead atoms. The first-order valence-electron chi connectivity index (χ1n) is 7.79. The second kappa shape index (κ2) is 8.65. The highest BCUT2D eigenvalue weighted by atomic mass is 16.4. The molecule has 5 nitrogen and oxygen atoms in total. The first kappa shape index (κ1) is 17.5. The van der Waals surface area contributed by atoms with Crippen molar-refractivity contribution in [1.82, 2.24) is 4.90 Å². The quantitative estimate of drug-likeness (QED) is 0.586. The third-order valence-corrected chi connectivity index (χ3v) is 4.64. The molecule has 0 aromatic rings. The molecule has 3 atom stereocenters. The summed E-state index contributed by atoms with van der Waals surface area (Å²) in [6.07, 6.45) is 3.66. The van der Waals surface area contributed by atoms with Gasteiger partial charge in [-0.3, -0.25) is 4.79 Å². The van der Waals surface area contributed by atoms with Gasteiger partial charge in [-0.15, -0.1) is 0 Å². The van der Waals surface area contributed by atoms with Gasteiger partial charge in [0, 0.05) is 6.54 Å². The average molecular weight is 285 g/mol. The molecule has 0 radical (unpaired) electrons. The Morgan fingerprint density at radius 2 is 1.90 bits per heavy atom. The minimum Gasteiger partial charge on any atom is -0.481 e. The zero-order chi connectivity index (χ0) is 15.1. The SMILES string of the molecule is CCN(CC)C[C@@H]1CC[C@@H](CCB(O)O)C[C@@H]1C(=O)O. The maximum absolute atomic E-state index is 11.5. The van der Waals surface area contributed by atoms with Crippen LogP contribution in [0.1, 0.15) is 39.5 Å². The van der Waals surface area contributed by atoms with Crippen molar-refractivity contribution in [1.29, 1.82) is 0 Å². The highest BCUT2D eigenvalue weighted by Crippen LogP contribution is 2.37. The third-order valence-electron chi connectivity index (χ3n) is 4.64. The van der Waals surface area contributed by atoms with Gasteiger partial charge < -0.3 is 20.1 Å². The second-order valence-electron chi connectivity index (χ2n) is 5.93. The molecule has 20 heavy (non-hydrogen) atoms. The van der Waals surface area contributed by atoms with Gasteiger partial charge in [0.2, 0.25) is 0 Å². The number of carboxylic acids is 1. The Balaban J connectivity index is 2.55. The monoisotopic (exact) mass is 285 g/mol. The molecule has 3 N–H and O–H groups in total. The van der Waals surface area contributed by atoms with Gasteiger partial charge >= 0.3 is 13.1 Å². The van der Waals surface area contributed by atoms with E-state index in [1.54, 1.807) is 0 Å². The zero-order valence-electron chi connectivity index (χ0n) is 12.7. The van der Waals surface area contributed by atoms with Crippen LogP contribution in [0.5, 0.6) is 0 Å². The first-order valence-corrected chi connectivity index (χ1v) is 7.79. The fraction of sp³-hybridized carbons (Fsp3) is 0.929. The van der Waals surface area contributed by atoms with Crippen LogP contribution in [0.3, 0.4) is 0 Å². The van der Waals surface area contributed by atoms with E-state index in [0.29, 0.717) is 25.1 Å². The molecule has 6 heteroatoms. The summed E-state index contributed by atoms with van der Waals surface area (Å²) in [6.45, 7) is 6.99. The van der Waals surface area contributed by atoms with Crippen LogP contribution in [0.4, 0.5) is 0 Å². The third kappa shape index (κ3) is 5.42. The lowest BCUT2D eigenvalue weighted by molar-refractivity contribution is -0.146. The van der Waals surface area contributed by atoms with Crippen molar-refractivity contribution in [2.75, 3.05) is 19.6 Å². The van der Waals surface area contributed by atoms with Gasteiger partial charge in [0.1, 0.15) is 0 Å². The molecule has 116 valence electrons. The Hall–Kier alpha value is -0.585. The fourth-order valence-corrected chi connectivity index (χ4v) is 3.30. The molecular formula is C14H28BNO4. The first-order chi connectivity index (χ1) is 9.47.